The minimum Gasteiger partial charge on any atom is -0.465 e. The molecule has 10 heteroatoms. The maximum absolute atomic E-state index is 13.2. The zero-order chi connectivity index (χ0) is 22.8. The first-order chi connectivity index (χ1) is 15.4. The second-order valence-corrected chi connectivity index (χ2v) is 8.38. The molecule has 1 fully saturated rings. The highest BCUT2D eigenvalue weighted by molar-refractivity contribution is 8.26. The highest BCUT2D eigenvalue weighted by Crippen LogP contribution is 2.44. The smallest absolute Gasteiger partial charge is 0.326 e. The SMILES string of the molecule is CCOC(=O)CN1C(=O)/C(=C2\SC(=S)N(NC(=O)c3ccccc3)C2=O)c2ccccc21. The van der Waals surface area contributed by atoms with Crippen molar-refractivity contribution in [3.63, 3.8) is 0 Å². The van der Waals surface area contributed by atoms with Crippen molar-refractivity contribution >= 4 is 63.3 Å². The van der Waals surface area contributed by atoms with Crippen LogP contribution in [0.4, 0.5) is 5.69 Å². The van der Waals surface area contributed by atoms with Gasteiger partial charge in [-0.15, -0.1) is 0 Å². The number of fused-ring (bicyclic) bond motifs is 1. The second-order valence-electron chi connectivity index (χ2n) is 6.73. The van der Waals surface area contributed by atoms with Crippen molar-refractivity contribution in [3.8, 4) is 0 Å². The topological polar surface area (TPSA) is 96.0 Å². The molecule has 0 aromatic heterocycles. The molecule has 0 aliphatic carbocycles. The lowest BCUT2D eigenvalue weighted by Crippen LogP contribution is -2.45. The summed E-state index contributed by atoms with van der Waals surface area (Å²) in [7, 11) is 0. The van der Waals surface area contributed by atoms with Crippen molar-refractivity contribution in [1.82, 2.24) is 10.4 Å². The van der Waals surface area contributed by atoms with Crippen LogP contribution >= 0.6 is 24.0 Å². The van der Waals surface area contributed by atoms with Gasteiger partial charge in [-0.3, -0.25) is 29.5 Å². The summed E-state index contributed by atoms with van der Waals surface area (Å²) >= 11 is 6.21. The van der Waals surface area contributed by atoms with Crippen molar-refractivity contribution in [3.05, 3.63) is 70.6 Å². The van der Waals surface area contributed by atoms with Crippen molar-refractivity contribution in [1.29, 1.82) is 0 Å². The summed E-state index contributed by atoms with van der Waals surface area (Å²) in [5.41, 5.74) is 4.00. The summed E-state index contributed by atoms with van der Waals surface area (Å²) in [6.45, 7) is 1.59. The number of anilines is 1. The number of carbonyl (C=O) groups is 4. The third kappa shape index (κ3) is 3.90. The Labute approximate surface area is 193 Å². The van der Waals surface area contributed by atoms with E-state index in [-0.39, 0.29) is 28.0 Å². The van der Waals surface area contributed by atoms with Crippen LogP contribution in [0, 0.1) is 0 Å². The Morgan fingerprint density at radius 1 is 1.03 bits per heavy atom. The monoisotopic (exact) mass is 467 g/mol. The van der Waals surface area contributed by atoms with E-state index in [1.807, 2.05) is 0 Å². The van der Waals surface area contributed by atoms with Crippen LogP contribution in [0.25, 0.3) is 5.57 Å². The lowest BCUT2D eigenvalue weighted by molar-refractivity contribution is -0.142. The van der Waals surface area contributed by atoms with E-state index in [4.69, 9.17) is 17.0 Å². The van der Waals surface area contributed by atoms with Crippen molar-refractivity contribution < 1.29 is 23.9 Å². The number of hydrogen-bond acceptors (Lipinski definition) is 7. The van der Waals surface area contributed by atoms with Gasteiger partial charge in [0.05, 0.1) is 22.8 Å². The number of benzene rings is 2. The highest BCUT2D eigenvalue weighted by atomic mass is 32.2. The number of para-hydroxylation sites is 1. The molecular weight excluding hydrogens is 450 g/mol. The maximum Gasteiger partial charge on any atom is 0.326 e. The predicted molar refractivity (Wildman–Crippen MR) is 123 cm³/mol. The van der Waals surface area contributed by atoms with E-state index >= 15 is 0 Å². The molecule has 2 aliphatic heterocycles. The molecule has 0 unspecified atom stereocenters. The van der Waals surface area contributed by atoms with Gasteiger partial charge in [-0.25, -0.2) is 0 Å². The lowest BCUT2D eigenvalue weighted by atomic mass is 10.1. The molecule has 2 aliphatic rings. The molecule has 0 atom stereocenters. The molecule has 2 heterocycles. The molecule has 4 rings (SSSR count). The second kappa shape index (κ2) is 8.93. The fourth-order valence-electron chi connectivity index (χ4n) is 3.36. The van der Waals surface area contributed by atoms with Crippen LogP contribution in [-0.4, -0.2) is 46.2 Å². The molecule has 0 saturated carbocycles. The Balaban J connectivity index is 1.66. The maximum atomic E-state index is 13.2. The van der Waals surface area contributed by atoms with Crippen LogP contribution in [0.1, 0.15) is 22.8 Å². The largest absolute Gasteiger partial charge is 0.465 e. The number of hydrogen-bond donors (Lipinski definition) is 1. The molecule has 3 amide bonds. The molecule has 1 N–H and O–H groups in total. The van der Waals surface area contributed by atoms with Crippen LogP contribution in [0.15, 0.2) is 59.5 Å². The lowest BCUT2D eigenvalue weighted by Gasteiger charge is -2.16. The number of amides is 3. The normalized spacial score (nSPS) is 17.6. The van der Waals surface area contributed by atoms with Crippen LogP contribution in [-0.2, 0) is 19.1 Å². The van der Waals surface area contributed by atoms with Gasteiger partial charge < -0.3 is 4.74 Å². The van der Waals surface area contributed by atoms with E-state index in [9.17, 15) is 19.2 Å². The molecule has 0 radical (unpaired) electrons. The number of nitrogens with one attached hydrogen (secondary N) is 1. The third-order valence-corrected chi connectivity index (χ3v) is 6.13. The van der Waals surface area contributed by atoms with E-state index < -0.39 is 23.7 Å². The van der Waals surface area contributed by atoms with Crippen molar-refractivity contribution in [2.45, 2.75) is 6.92 Å². The quantitative estimate of drug-likeness (QED) is 0.410. The van der Waals surface area contributed by atoms with Gasteiger partial charge in [0.2, 0.25) is 0 Å². The summed E-state index contributed by atoms with van der Waals surface area (Å²) in [6.07, 6.45) is 0. The summed E-state index contributed by atoms with van der Waals surface area (Å²) in [5.74, 6) is -2.18. The fourth-order valence-corrected chi connectivity index (χ4v) is 4.61. The number of ether oxygens (including phenoxy) is 1. The number of hydrazine groups is 1. The van der Waals surface area contributed by atoms with Crippen LogP contribution < -0.4 is 10.3 Å². The Hall–Kier alpha value is -3.50. The molecule has 1 saturated heterocycles. The zero-order valence-electron chi connectivity index (χ0n) is 16.9. The molecule has 162 valence electrons. The minimum atomic E-state index is -0.611. The summed E-state index contributed by atoms with van der Waals surface area (Å²) in [6, 6.07) is 15.2. The predicted octanol–water partition coefficient (Wildman–Crippen LogP) is 2.51. The first kappa shape index (κ1) is 21.7. The summed E-state index contributed by atoms with van der Waals surface area (Å²) in [4.78, 5) is 52.3. The van der Waals surface area contributed by atoms with Gasteiger partial charge in [0.1, 0.15) is 6.54 Å². The van der Waals surface area contributed by atoms with Gasteiger partial charge in [-0.05, 0) is 37.3 Å². The fraction of sp³-hybridized carbons (Fsp3) is 0.136. The van der Waals surface area contributed by atoms with Gasteiger partial charge in [0.15, 0.2) is 4.32 Å². The Morgan fingerprint density at radius 2 is 1.72 bits per heavy atom. The van der Waals surface area contributed by atoms with Crippen LogP contribution in [0.2, 0.25) is 0 Å². The number of esters is 1. The van der Waals surface area contributed by atoms with E-state index in [2.05, 4.69) is 5.43 Å². The van der Waals surface area contributed by atoms with Gasteiger partial charge >= 0.3 is 5.97 Å². The molecule has 2 aromatic rings. The minimum absolute atomic E-state index is 0.0900. The van der Waals surface area contributed by atoms with Gasteiger partial charge in [0, 0.05) is 11.1 Å². The molecule has 0 bridgehead atoms. The Morgan fingerprint density at radius 3 is 2.44 bits per heavy atom. The number of carbonyl (C=O) groups excluding carboxylic acids is 4. The molecule has 0 spiro atoms. The number of rotatable bonds is 5. The molecule has 32 heavy (non-hydrogen) atoms. The molecule has 8 nitrogen and oxygen atoms in total. The Bertz CT molecular complexity index is 1180. The summed E-state index contributed by atoms with van der Waals surface area (Å²) in [5, 5.41) is 0.960. The molecule has 2 aromatic carbocycles. The average Bonchev–Trinajstić information content (AvgIpc) is 3.22. The van der Waals surface area contributed by atoms with Gasteiger partial charge in [-0.2, -0.15) is 5.01 Å². The zero-order valence-corrected chi connectivity index (χ0v) is 18.5. The number of thiocarbonyl (C=S) groups is 1. The van der Waals surface area contributed by atoms with Gasteiger partial charge in [-0.1, -0.05) is 48.2 Å². The van der Waals surface area contributed by atoms with Crippen LogP contribution in [0.5, 0.6) is 0 Å². The van der Waals surface area contributed by atoms with Crippen LogP contribution in [0.3, 0.4) is 0 Å². The third-order valence-electron chi connectivity index (χ3n) is 4.76. The van der Waals surface area contributed by atoms with E-state index in [0.717, 1.165) is 16.8 Å². The van der Waals surface area contributed by atoms with Crippen molar-refractivity contribution in [2.75, 3.05) is 18.1 Å². The van der Waals surface area contributed by atoms with Crippen molar-refractivity contribution in [2.24, 2.45) is 0 Å². The number of thioether (sulfide) groups is 1. The Kier molecular flexibility index (Phi) is 6.06. The molecular formula is C22H17N3O5S2. The first-order valence-electron chi connectivity index (χ1n) is 9.65. The summed E-state index contributed by atoms with van der Waals surface area (Å²) < 4.78 is 5.06. The van der Waals surface area contributed by atoms with E-state index in [1.165, 1.54) is 4.90 Å². The average molecular weight is 468 g/mol. The van der Waals surface area contributed by atoms with E-state index in [1.54, 1.807) is 61.5 Å². The van der Waals surface area contributed by atoms with E-state index in [0.29, 0.717) is 16.8 Å². The standard InChI is InChI=1S/C22H17N3O5S2/c1-2-30-16(26)12-24-15-11-7-6-10-14(15)17(20(24)28)18-21(29)25(22(31)32-18)23-19(27)13-8-4-3-5-9-13/h3-11H,2,12H2,1H3,(H,23,27)/b18-17-. The first-order valence-corrected chi connectivity index (χ1v) is 10.9. The number of nitrogens with zero attached hydrogens (tertiary/aromatic N) is 2. The van der Waals surface area contributed by atoms with Gasteiger partial charge in [0.25, 0.3) is 17.7 Å². The highest BCUT2D eigenvalue weighted by Gasteiger charge is 2.43.